The lowest BCUT2D eigenvalue weighted by Gasteiger charge is -2.00. The SMILES string of the molecule is COc1ccc(-c2cn[nH]c2)cc1. The van der Waals surface area contributed by atoms with E-state index in [0.717, 1.165) is 16.9 Å². The van der Waals surface area contributed by atoms with Crippen LogP contribution in [0.25, 0.3) is 11.1 Å². The Morgan fingerprint density at radius 2 is 1.92 bits per heavy atom. The van der Waals surface area contributed by atoms with Gasteiger partial charge in [0.25, 0.3) is 0 Å². The van der Waals surface area contributed by atoms with E-state index in [-0.39, 0.29) is 0 Å². The number of rotatable bonds is 2. The molecule has 0 amide bonds. The molecule has 2 rings (SSSR count). The number of aromatic amines is 1. The van der Waals surface area contributed by atoms with Crippen LogP contribution < -0.4 is 4.74 Å². The van der Waals surface area contributed by atoms with Crippen molar-refractivity contribution in [2.75, 3.05) is 7.11 Å². The van der Waals surface area contributed by atoms with E-state index < -0.39 is 0 Å². The Morgan fingerprint density at radius 3 is 2.46 bits per heavy atom. The standard InChI is InChI=1S/C10H10N2O/c1-13-10-4-2-8(3-5-10)9-6-11-12-7-9/h2-7H,1H3,(H,11,12). The van der Waals surface area contributed by atoms with E-state index >= 15 is 0 Å². The molecule has 3 heteroatoms. The molecular formula is C10H10N2O. The molecule has 0 aliphatic heterocycles. The normalized spacial score (nSPS) is 9.92. The first-order valence-corrected chi connectivity index (χ1v) is 4.03. The largest absolute Gasteiger partial charge is 0.497 e. The molecule has 0 aliphatic carbocycles. The van der Waals surface area contributed by atoms with Gasteiger partial charge in [-0.25, -0.2) is 0 Å². The molecule has 1 aromatic heterocycles. The Bertz CT molecular complexity index is 364. The summed E-state index contributed by atoms with van der Waals surface area (Å²) in [5, 5.41) is 6.66. The molecule has 0 fully saturated rings. The molecule has 66 valence electrons. The van der Waals surface area contributed by atoms with Crippen molar-refractivity contribution in [3.05, 3.63) is 36.7 Å². The molecule has 0 saturated heterocycles. The first-order valence-electron chi connectivity index (χ1n) is 4.03. The van der Waals surface area contributed by atoms with Crippen molar-refractivity contribution in [3.8, 4) is 16.9 Å². The smallest absolute Gasteiger partial charge is 0.118 e. The highest BCUT2D eigenvalue weighted by atomic mass is 16.5. The Hall–Kier alpha value is -1.77. The Morgan fingerprint density at radius 1 is 1.15 bits per heavy atom. The highest BCUT2D eigenvalue weighted by Crippen LogP contribution is 2.20. The second-order valence-corrected chi connectivity index (χ2v) is 2.72. The second kappa shape index (κ2) is 3.31. The molecule has 3 nitrogen and oxygen atoms in total. The fourth-order valence-corrected chi connectivity index (χ4v) is 1.19. The van der Waals surface area contributed by atoms with E-state index in [1.807, 2.05) is 30.5 Å². The van der Waals surface area contributed by atoms with Crippen LogP contribution in [0.5, 0.6) is 5.75 Å². The molecule has 0 aliphatic rings. The third-order valence-corrected chi connectivity index (χ3v) is 1.92. The summed E-state index contributed by atoms with van der Waals surface area (Å²) in [5.41, 5.74) is 2.22. The number of hydrogen-bond acceptors (Lipinski definition) is 2. The number of ether oxygens (including phenoxy) is 1. The van der Waals surface area contributed by atoms with E-state index in [1.165, 1.54) is 0 Å². The Balaban J connectivity index is 2.33. The third-order valence-electron chi connectivity index (χ3n) is 1.92. The minimum atomic E-state index is 0.868. The minimum absolute atomic E-state index is 0.868. The second-order valence-electron chi connectivity index (χ2n) is 2.72. The van der Waals surface area contributed by atoms with E-state index in [1.54, 1.807) is 13.3 Å². The average Bonchev–Trinajstić information content (AvgIpc) is 2.71. The van der Waals surface area contributed by atoms with Crippen molar-refractivity contribution < 1.29 is 4.74 Å². The van der Waals surface area contributed by atoms with Crippen LogP contribution in [-0.2, 0) is 0 Å². The Labute approximate surface area is 76.4 Å². The molecule has 0 saturated carbocycles. The maximum Gasteiger partial charge on any atom is 0.118 e. The average molecular weight is 174 g/mol. The lowest BCUT2D eigenvalue weighted by molar-refractivity contribution is 0.415. The van der Waals surface area contributed by atoms with Gasteiger partial charge in [0.15, 0.2) is 0 Å². The van der Waals surface area contributed by atoms with Crippen LogP contribution in [0.15, 0.2) is 36.7 Å². The van der Waals surface area contributed by atoms with Crippen molar-refractivity contribution in [3.63, 3.8) is 0 Å². The first-order chi connectivity index (χ1) is 6.40. The number of nitrogens with one attached hydrogen (secondary N) is 1. The summed E-state index contributed by atoms with van der Waals surface area (Å²) in [6.07, 6.45) is 3.66. The molecule has 13 heavy (non-hydrogen) atoms. The van der Waals surface area contributed by atoms with Gasteiger partial charge in [-0.2, -0.15) is 5.10 Å². The molecule has 1 N–H and O–H groups in total. The van der Waals surface area contributed by atoms with Crippen LogP contribution in [0.3, 0.4) is 0 Å². The predicted molar refractivity (Wildman–Crippen MR) is 50.6 cm³/mol. The van der Waals surface area contributed by atoms with Gasteiger partial charge in [-0.1, -0.05) is 12.1 Å². The molecule has 0 unspecified atom stereocenters. The van der Waals surface area contributed by atoms with E-state index in [4.69, 9.17) is 4.74 Å². The number of methoxy groups -OCH3 is 1. The number of benzene rings is 1. The van der Waals surface area contributed by atoms with E-state index in [0.29, 0.717) is 0 Å². The quantitative estimate of drug-likeness (QED) is 0.756. The van der Waals surface area contributed by atoms with Gasteiger partial charge in [-0.15, -0.1) is 0 Å². The van der Waals surface area contributed by atoms with Crippen LogP contribution >= 0.6 is 0 Å². The van der Waals surface area contributed by atoms with Crippen LogP contribution in [0.1, 0.15) is 0 Å². The topological polar surface area (TPSA) is 37.9 Å². The van der Waals surface area contributed by atoms with Crippen LogP contribution in [0, 0.1) is 0 Å². The fourth-order valence-electron chi connectivity index (χ4n) is 1.19. The summed E-state index contributed by atoms with van der Waals surface area (Å²) in [6, 6.07) is 7.87. The highest BCUT2D eigenvalue weighted by molar-refractivity contribution is 5.62. The van der Waals surface area contributed by atoms with Crippen molar-refractivity contribution in [2.24, 2.45) is 0 Å². The van der Waals surface area contributed by atoms with Crippen LogP contribution in [0.4, 0.5) is 0 Å². The van der Waals surface area contributed by atoms with Crippen molar-refractivity contribution in [1.29, 1.82) is 0 Å². The summed E-state index contributed by atoms with van der Waals surface area (Å²) in [7, 11) is 1.66. The van der Waals surface area contributed by atoms with Gasteiger partial charge in [-0.05, 0) is 17.7 Å². The number of hydrogen-bond donors (Lipinski definition) is 1. The lowest BCUT2D eigenvalue weighted by Crippen LogP contribution is -1.81. The number of nitrogens with zero attached hydrogens (tertiary/aromatic N) is 1. The monoisotopic (exact) mass is 174 g/mol. The molecule has 1 aromatic carbocycles. The molecular weight excluding hydrogens is 164 g/mol. The molecule has 0 radical (unpaired) electrons. The van der Waals surface area contributed by atoms with Crippen LogP contribution in [-0.4, -0.2) is 17.3 Å². The molecule has 0 spiro atoms. The van der Waals surface area contributed by atoms with Crippen molar-refractivity contribution in [1.82, 2.24) is 10.2 Å². The molecule has 0 atom stereocenters. The van der Waals surface area contributed by atoms with Crippen LogP contribution in [0.2, 0.25) is 0 Å². The summed E-state index contributed by atoms with van der Waals surface area (Å²) in [6.45, 7) is 0. The van der Waals surface area contributed by atoms with E-state index in [2.05, 4.69) is 10.2 Å². The summed E-state index contributed by atoms with van der Waals surface area (Å²) in [4.78, 5) is 0. The zero-order valence-electron chi connectivity index (χ0n) is 7.32. The third kappa shape index (κ3) is 1.54. The summed E-state index contributed by atoms with van der Waals surface area (Å²) < 4.78 is 5.06. The zero-order chi connectivity index (χ0) is 9.10. The van der Waals surface area contributed by atoms with Gasteiger partial charge in [0.1, 0.15) is 5.75 Å². The fraction of sp³-hybridized carbons (Fsp3) is 0.100. The number of H-pyrrole nitrogens is 1. The summed E-state index contributed by atoms with van der Waals surface area (Å²) in [5.74, 6) is 0.868. The molecule has 0 bridgehead atoms. The van der Waals surface area contributed by atoms with Gasteiger partial charge in [0.2, 0.25) is 0 Å². The van der Waals surface area contributed by atoms with Gasteiger partial charge < -0.3 is 4.74 Å². The van der Waals surface area contributed by atoms with Gasteiger partial charge in [0, 0.05) is 11.8 Å². The van der Waals surface area contributed by atoms with Gasteiger partial charge >= 0.3 is 0 Å². The number of aromatic nitrogens is 2. The van der Waals surface area contributed by atoms with E-state index in [9.17, 15) is 0 Å². The van der Waals surface area contributed by atoms with Gasteiger partial charge in [-0.3, -0.25) is 5.10 Å². The first kappa shape index (κ1) is 7.86. The lowest BCUT2D eigenvalue weighted by atomic mass is 10.1. The molecule has 2 aromatic rings. The highest BCUT2D eigenvalue weighted by Gasteiger charge is 1.97. The maximum atomic E-state index is 5.06. The minimum Gasteiger partial charge on any atom is -0.497 e. The van der Waals surface area contributed by atoms with Crippen molar-refractivity contribution >= 4 is 0 Å². The summed E-state index contributed by atoms with van der Waals surface area (Å²) >= 11 is 0. The van der Waals surface area contributed by atoms with Crippen molar-refractivity contribution in [2.45, 2.75) is 0 Å². The zero-order valence-corrected chi connectivity index (χ0v) is 7.32. The van der Waals surface area contributed by atoms with Gasteiger partial charge in [0.05, 0.1) is 13.3 Å². The molecule has 1 heterocycles. The maximum absolute atomic E-state index is 5.06. The predicted octanol–water partition coefficient (Wildman–Crippen LogP) is 2.09. The Kier molecular flexibility index (Phi) is 2.00.